The molecule has 1 aliphatic carbocycles. The fourth-order valence-electron chi connectivity index (χ4n) is 2.87. The zero-order valence-electron chi connectivity index (χ0n) is 10.1. The summed E-state index contributed by atoms with van der Waals surface area (Å²) in [6.45, 7) is 4.48. The van der Waals surface area contributed by atoms with Gasteiger partial charge >= 0.3 is 5.97 Å². The number of rotatable bonds is 3. The van der Waals surface area contributed by atoms with Crippen LogP contribution in [0.2, 0.25) is 0 Å². The normalized spacial score (nSPS) is 40.4. The van der Waals surface area contributed by atoms with Crippen LogP contribution >= 0.6 is 0 Å². The lowest BCUT2D eigenvalue weighted by atomic mass is 9.78. The topological polar surface area (TPSA) is 52.6 Å². The molecule has 4 unspecified atom stereocenters. The third kappa shape index (κ3) is 2.38. The molecule has 0 bridgehead atoms. The van der Waals surface area contributed by atoms with Crippen molar-refractivity contribution in [3.63, 3.8) is 0 Å². The first kappa shape index (κ1) is 11.9. The standard InChI is InChI=1S/C12H22N2O2/c1-8-7-14(2)6-5-10(8)13-11-4-3-9(11)12(15)16/h8-11,13H,3-7H2,1-2H3,(H,15,16). The van der Waals surface area contributed by atoms with Crippen LogP contribution in [-0.4, -0.2) is 48.2 Å². The Hall–Kier alpha value is -0.610. The summed E-state index contributed by atoms with van der Waals surface area (Å²) in [5.41, 5.74) is 0. The van der Waals surface area contributed by atoms with Gasteiger partial charge in [-0.3, -0.25) is 4.79 Å². The van der Waals surface area contributed by atoms with Crippen molar-refractivity contribution in [3.8, 4) is 0 Å². The van der Waals surface area contributed by atoms with Crippen LogP contribution < -0.4 is 5.32 Å². The van der Waals surface area contributed by atoms with Gasteiger partial charge < -0.3 is 15.3 Å². The van der Waals surface area contributed by atoms with Gasteiger partial charge in [-0.05, 0) is 38.8 Å². The Labute approximate surface area is 97.0 Å². The van der Waals surface area contributed by atoms with E-state index in [1.54, 1.807) is 0 Å². The average molecular weight is 226 g/mol. The molecule has 0 aromatic heterocycles. The van der Waals surface area contributed by atoms with Crippen LogP contribution in [-0.2, 0) is 4.79 Å². The van der Waals surface area contributed by atoms with Crippen LogP contribution in [0.15, 0.2) is 0 Å². The van der Waals surface area contributed by atoms with Crippen molar-refractivity contribution in [3.05, 3.63) is 0 Å². The number of carboxylic acids is 1. The second-order valence-electron chi connectivity index (χ2n) is 5.43. The van der Waals surface area contributed by atoms with Crippen molar-refractivity contribution in [1.82, 2.24) is 10.2 Å². The minimum absolute atomic E-state index is 0.146. The largest absolute Gasteiger partial charge is 0.481 e. The Bertz CT molecular complexity index is 270. The van der Waals surface area contributed by atoms with Crippen molar-refractivity contribution in [1.29, 1.82) is 0 Å². The van der Waals surface area contributed by atoms with Gasteiger partial charge in [-0.2, -0.15) is 0 Å². The third-order valence-electron chi connectivity index (χ3n) is 4.13. The summed E-state index contributed by atoms with van der Waals surface area (Å²) in [7, 11) is 2.15. The first-order valence-electron chi connectivity index (χ1n) is 6.25. The van der Waals surface area contributed by atoms with E-state index in [0.717, 1.165) is 32.4 Å². The number of nitrogens with one attached hydrogen (secondary N) is 1. The number of carbonyl (C=O) groups is 1. The molecule has 4 nitrogen and oxygen atoms in total. The Balaban J connectivity index is 1.83. The van der Waals surface area contributed by atoms with Crippen molar-refractivity contribution >= 4 is 5.97 Å². The maximum Gasteiger partial charge on any atom is 0.308 e. The summed E-state index contributed by atoms with van der Waals surface area (Å²) in [6.07, 6.45) is 3.00. The molecule has 0 radical (unpaired) electrons. The number of hydrogen-bond donors (Lipinski definition) is 2. The molecule has 0 aromatic carbocycles. The highest BCUT2D eigenvalue weighted by Gasteiger charge is 2.38. The van der Waals surface area contributed by atoms with Crippen LogP contribution in [0, 0.1) is 11.8 Å². The molecule has 2 N–H and O–H groups in total. The molecule has 0 amide bonds. The smallest absolute Gasteiger partial charge is 0.308 e. The van der Waals surface area contributed by atoms with E-state index in [9.17, 15) is 4.79 Å². The van der Waals surface area contributed by atoms with Crippen LogP contribution in [0.25, 0.3) is 0 Å². The van der Waals surface area contributed by atoms with Gasteiger partial charge in [-0.25, -0.2) is 0 Å². The number of likely N-dealkylation sites (tertiary alicyclic amines) is 1. The fraction of sp³-hybridized carbons (Fsp3) is 0.917. The Morgan fingerprint density at radius 3 is 2.56 bits per heavy atom. The van der Waals surface area contributed by atoms with E-state index in [2.05, 4.69) is 24.2 Å². The number of aliphatic carboxylic acids is 1. The quantitative estimate of drug-likeness (QED) is 0.746. The Kier molecular flexibility index (Phi) is 3.50. The van der Waals surface area contributed by atoms with Gasteiger partial charge in [0.25, 0.3) is 0 Å². The lowest BCUT2D eigenvalue weighted by Crippen LogP contribution is -2.56. The molecule has 0 spiro atoms. The average Bonchev–Trinajstić information content (AvgIpc) is 2.13. The highest BCUT2D eigenvalue weighted by atomic mass is 16.4. The summed E-state index contributed by atoms with van der Waals surface area (Å²) in [5.74, 6) is -0.162. The Morgan fingerprint density at radius 1 is 1.31 bits per heavy atom. The number of carboxylic acid groups (broad SMARTS) is 1. The molecule has 1 saturated heterocycles. The molecule has 16 heavy (non-hydrogen) atoms. The summed E-state index contributed by atoms with van der Waals surface area (Å²) < 4.78 is 0. The lowest BCUT2D eigenvalue weighted by Gasteiger charge is -2.42. The van der Waals surface area contributed by atoms with Crippen molar-refractivity contribution in [2.75, 3.05) is 20.1 Å². The molecule has 2 fully saturated rings. The monoisotopic (exact) mass is 226 g/mol. The third-order valence-corrected chi connectivity index (χ3v) is 4.13. The SMILES string of the molecule is CC1CN(C)CCC1NC1CCC1C(=O)O. The van der Waals surface area contributed by atoms with E-state index in [0.29, 0.717) is 12.0 Å². The number of nitrogens with zero attached hydrogens (tertiary/aromatic N) is 1. The molecular formula is C12H22N2O2. The van der Waals surface area contributed by atoms with Crippen LogP contribution in [0.3, 0.4) is 0 Å². The lowest BCUT2D eigenvalue weighted by molar-refractivity contribution is -0.146. The van der Waals surface area contributed by atoms with E-state index in [1.165, 1.54) is 0 Å². The molecule has 2 rings (SSSR count). The van der Waals surface area contributed by atoms with E-state index in [1.807, 2.05) is 0 Å². The minimum atomic E-state index is -0.635. The van der Waals surface area contributed by atoms with Crippen LogP contribution in [0.1, 0.15) is 26.2 Å². The van der Waals surface area contributed by atoms with E-state index in [4.69, 9.17) is 5.11 Å². The highest BCUT2D eigenvalue weighted by molar-refractivity contribution is 5.72. The maximum absolute atomic E-state index is 10.9. The predicted octanol–water partition coefficient (Wildman–Crippen LogP) is 0.779. The van der Waals surface area contributed by atoms with Gasteiger partial charge in [0, 0.05) is 18.6 Å². The van der Waals surface area contributed by atoms with Gasteiger partial charge in [0.05, 0.1) is 5.92 Å². The number of piperidine rings is 1. The summed E-state index contributed by atoms with van der Waals surface area (Å²) in [5, 5.41) is 12.5. The Morgan fingerprint density at radius 2 is 2.06 bits per heavy atom. The van der Waals surface area contributed by atoms with Gasteiger partial charge in [0.2, 0.25) is 0 Å². The molecule has 0 aromatic rings. The summed E-state index contributed by atoms with van der Waals surface area (Å²) in [6, 6.07) is 0.719. The summed E-state index contributed by atoms with van der Waals surface area (Å²) in [4.78, 5) is 13.3. The number of hydrogen-bond acceptors (Lipinski definition) is 3. The second kappa shape index (κ2) is 4.72. The van der Waals surface area contributed by atoms with Gasteiger partial charge in [-0.1, -0.05) is 6.92 Å². The van der Waals surface area contributed by atoms with Gasteiger partial charge in [0.1, 0.15) is 0 Å². The van der Waals surface area contributed by atoms with E-state index in [-0.39, 0.29) is 12.0 Å². The minimum Gasteiger partial charge on any atom is -0.481 e. The first-order chi connectivity index (χ1) is 7.58. The second-order valence-corrected chi connectivity index (χ2v) is 5.43. The van der Waals surface area contributed by atoms with Crippen LogP contribution in [0.5, 0.6) is 0 Å². The molecule has 1 heterocycles. The molecule has 4 atom stereocenters. The van der Waals surface area contributed by atoms with Gasteiger partial charge in [0.15, 0.2) is 0 Å². The van der Waals surface area contributed by atoms with Crippen molar-refractivity contribution in [2.45, 2.75) is 38.3 Å². The highest BCUT2D eigenvalue weighted by Crippen LogP contribution is 2.29. The van der Waals surface area contributed by atoms with Crippen molar-refractivity contribution in [2.24, 2.45) is 11.8 Å². The molecule has 2 aliphatic rings. The van der Waals surface area contributed by atoms with Crippen LogP contribution in [0.4, 0.5) is 0 Å². The zero-order valence-corrected chi connectivity index (χ0v) is 10.1. The fourth-order valence-corrected chi connectivity index (χ4v) is 2.87. The van der Waals surface area contributed by atoms with Crippen molar-refractivity contribution < 1.29 is 9.90 Å². The molecule has 1 aliphatic heterocycles. The van der Waals surface area contributed by atoms with E-state index < -0.39 is 5.97 Å². The molecule has 4 heteroatoms. The predicted molar refractivity (Wildman–Crippen MR) is 62.3 cm³/mol. The molecular weight excluding hydrogens is 204 g/mol. The molecule has 1 saturated carbocycles. The maximum atomic E-state index is 10.9. The zero-order chi connectivity index (χ0) is 11.7. The van der Waals surface area contributed by atoms with E-state index >= 15 is 0 Å². The first-order valence-corrected chi connectivity index (χ1v) is 6.25. The summed E-state index contributed by atoms with van der Waals surface area (Å²) >= 11 is 0. The molecule has 92 valence electrons. The van der Waals surface area contributed by atoms with Gasteiger partial charge in [-0.15, -0.1) is 0 Å².